The summed E-state index contributed by atoms with van der Waals surface area (Å²) in [4.78, 5) is 2.54. The fraction of sp³-hybridized carbons (Fsp3) is 0.625. The third-order valence-corrected chi connectivity index (χ3v) is 3.97. The number of benzene rings is 1. The molecule has 2 rings (SSSR count). The molecule has 0 heterocycles. The van der Waals surface area contributed by atoms with Gasteiger partial charge in [0.15, 0.2) is 0 Å². The number of anilines is 1. The van der Waals surface area contributed by atoms with Crippen molar-refractivity contribution < 1.29 is 0 Å². The molecule has 0 aromatic heterocycles. The van der Waals surface area contributed by atoms with Crippen molar-refractivity contribution in [1.82, 2.24) is 5.32 Å². The van der Waals surface area contributed by atoms with Crippen molar-refractivity contribution in [1.29, 1.82) is 0 Å². The van der Waals surface area contributed by atoms with Crippen LogP contribution >= 0.6 is 11.6 Å². The summed E-state index contributed by atoms with van der Waals surface area (Å²) in [6.45, 7) is 7.41. The van der Waals surface area contributed by atoms with Gasteiger partial charge in [0.05, 0.1) is 10.7 Å². The van der Waals surface area contributed by atoms with E-state index < -0.39 is 0 Å². The van der Waals surface area contributed by atoms with Crippen molar-refractivity contribution in [2.45, 2.75) is 52.1 Å². The fourth-order valence-electron chi connectivity index (χ4n) is 2.48. The molecule has 2 nitrogen and oxygen atoms in total. The van der Waals surface area contributed by atoms with E-state index >= 15 is 0 Å². The van der Waals surface area contributed by atoms with Crippen LogP contribution in [0.4, 0.5) is 5.69 Å². The van der Waals surface area contributed by atoms with Crippen molar-refractivity contribution >= 4 is 17.3 Å². The first kappa shape index (κ1) is 14.7. The van der Waals surface area contributed by atoms with E-state index in [2.05, 4.69) is 36.2 Å². The summed E-state index contributed by atoms with van der Waals surface area (Å²) in [5.74, 6) is 0. The summed E-state index contributed by atoms with van der Waals surface area (Å²) in [6, 6.07) is 6.99. The molecule has 0 unspecified atom stereocenters. The van der Waals surface area contributed by atoms with Crippen LogP contribution in [0.3, 0.4) is 0 Å². The molecule has 106 valence electrons. The van der Waals surface area contributed by atoms with E-state index in [9.17, 15) is 0 Å². The monoisotopic (exact) mass is 280 g/mol. The molecule has 3 heteroatoms. The molecule has 1 N–H and O–H groups in total. The Morgan fingerprint density at radius 3 is 2.74 bits per heavy atom. The number of hydrogen-bond donors (Lipinski definition) is 1. The van der Waals surface area contributed by atoms with Crippen LogP contribution in [0.5, 0.6) is 0 Å². The van der Waals surface area contributed by atoms with Crippen LogP contribution < -0.4 is 10.2 Å². The smallest absolute Gasteiger partial charge is 0.0643 e. The van der Waals surface area contributed by atoms with Gasteiger partial charge in [-0.2, -0.15) is 0 Å². The van der Waals surface area contributed by atoms with E-state index in [0.29, 0.717) is 6.04 Å². The van der Waals surface area contributed by atoms with Gasteiger partial charge in [-0.3, -0.25) is 0 Å². The van der Waals surface area contributed by atoms with Crippen molar-refractivity contribution in [2.24, 2.45) is 0 Å². The molecular weight excluding hydrogens is 256 g/mol. The lowest BCUT2D eigenvalue weighted by Crippen LogP contribution is -2.29. The molecule has 1 aromatic carbocycles. The molecule has 0 atom stereocenters. The quantitative estimate of drug-likeness (QED) is 0.767. The molecular formula is C16H25ClN2. The van der Waals surface area contributed by atoms with Crippen LogP contribution in [0.15, 0.2) is 18.2 Å². The first-order valence-electron chi connectivity index (χ1n) is 7.52. The predicted molar refractivity (Wildman–Crippen MR) is 84.1 cm³/mol. The summed E-state index contributed by atoms with van der Waals surface area (Å²) >= 11 is 6.48. The van der Waals surface area contributed by atoms with Crippen LogP contribution in [0.2, 0.25) is 5.02 Å². The fourth-order valence-corrected chi connectivity index (χ4v) is 2.78. The molecule has 0 bridgehead atoms. The largest absolute Gasteiger partial charge is 0.367 e. The van der Waals surface area contributed by atoms with E-state index in [0.717, 1.165) is 24.7 Å². The summed E-state index contributed by atoms with van der Waals surface area (Å²) < 4.78 is 0. The van der Waals surface area contributed by atoms with Gasteiger partial charge < -0.3 is 10.2 Å². The maximum atomic E-state index is 6.48. The maximum Gasteiger partial charge on any atom is 0.0643 e. The average molecular weight is 281 g/mol. The molecule has 1 fully saturated rings. The number of para-hydroxylation sites is 1. The SMILES string of the molecule is CCCCN(c1c(Cl)cccc1CNCC)C1CC1. The van der Waals surface area contributed by atoms with Crippen molar-refractivity contribution in [2.75, 3.05) is 18.0 Å². The van der Waals surface area contributed by atoms with E-state index in [4.69, 9.17) is 11.6 Å². The van der Waals surface area contributed by atoms with Crippen molar-refractivity contribution in [3.05, 3.63) is 28.8 Å². The van der Waals surface area contributed by atoms with Crippen molar-refractivity contribution in [3.8, 4) is 0 Å². The van der Waals surface area contributed by atoms with Crippen LogP contribution in [0.1, 0.15) is 45.1 Å². The summed E-state index contributed by atoms with van der Waals surface area (Å²) in [5.41, 5.74) is 2.60. The Labute approximate surface area is 122 Å². The highest BCUT2D eigenvalue weighted by Gasteiger charge is 2.31. The summed E-state index contributed by atoms with van der Waals surface area (Å²) in [5, 5.41) is 4.32. The lowest BCUT2D eigenvalue weighted by molar-refractivity contribution is 0.693. The number of hydrogen-bond acceptors (Lipinski definition) is 2. The van der Waals surface area contributed by atoms with Gasteiger partial charge in [-0.1, -0.05) is 44.0 Å². The minimum absolute atomic E-state index is 0.715. The second kappa shape index (κ2) is 7.16. The normalized spacial score (nSPS) is 14.7. The lowest BCUT2D eigenvalue weighted by atomic mass is 10.1. The van der Waals surface area contributed by atoms with Crippen LogP contribution in [-0.4, -0.2) is 19.1 Å². The minimum atomic E-state index is 0.715. The molecule has 0 saturated heterocycles. The summed E-state index contributed by atoms with van der Waals surface area (Å²) in [7, 11) is 0. The van der Waals surface area contributed by atoms with E-state index in [-0.39, 0.29) is 0 Å². The predicted octanol–water partition coefficient (Wildman–Crippen LogP) is 4.22. The highest BCUT2D eigenvalue weighted by atomic mass is 35.5. The molecule has 1 aliphatic carbocycles. The molecule has 0 amide bonds. The topological polar surface area (TPSA) is 15.3 Å². The number of nitrogens with one attached hydrogen (secondary N) is 1. The van der Waals surface area contributed by atoms with Crippen LogP contribution in [0.25, 0.3) is 0 Å². The van der Waals surface area contributed by atoms with Gasteiger partial charge in [-0.05, 0) is 37.4 Å². The van der Waals surface area contributed by atoms with Crippen molar-refractivity contribution in [3.63, 3.8) is 0 Å². The zero-order valence-electron chi connectivity index (χ0n) is 12.1. The Bertz CT molecular complexity index is 402. The standard InChI is InChI=1S/C16H25ClN2/c1-3-5-11-19(14-9-10-14)16-13(12-18-4-2)7-6-8-15(16)17/h6-8,14,18H,3-5,9-12H2,1-2H3. The third-order valence-electron chi connectivity index (χ3n) is 3.66. The van der Waals surface area contributed by atoms with E-state index in [1.165, 1.54) is 36.9 Å². The minimum Gasteiger partial charge on any atom is -0.367 e. The zero-order valence-corrected chi connectivity index (χ0v) is 12.8. The Kier molecular flexibility index (Phi) is 5.53. The number of rotatable bonds is 8. The maximum absolute atomic E-state index is 6.48. The first-order chi connectivity index (χ1) is 9.27. The zero-order chi connectivity index (χ0) is 13.7. The number of halogens is 1. The lowest BCUT2D eigenvalue weighted by Gasteiger charge is -2.28. The van der Waals surface area contributed by atoms with Gasteiger partial charge in [0.2, 0.25) is 0 Å². The molecule has 1 saturated carbocycles. The molecule has 0 aliphatic heterocycles. The van der Waals surface area contributed by atoms with Gasteiger partial charge in [0, 0.05) is 19.1 Å². The average Bonchev–Trinajstić information content (AvgIpc) is 3.23. The first-order valence-corrected chi connectivity index (χ1v) is 7.90. The Morgan fingerprint density at radius 1 is 1.32 bits per heavy atom. The Balaban J connectivity index is 2.23. The molecule has 19 heavy (non-hydrogen) atoms. The van der Waals surface area contributed by atoms with Gasteiger partial charge in [0.1, 0.15) is 0 Å². The van der Waals surface area contributed by atoms with E-state index in [1.807, 2.05) is 6.07 Å². The van der Waals surface area contributed by atoms with Gasteiger partial charge in [0.25, 0.3) is 0 Å². The second-order valence-electron chi connectivity index (χ2n) is 5.31. The number of nitrogens with zero attached hydrogens (tertiary/aromatic N) is 1. The highest BCUT2D eigenvalue weighted by Crippen LogP contribution is 2.38. The third kappa shape index (κ3) is 3.87. The van der Waals surface area contributed by atoms with Gasteiger partial charge >= 0.3 is 0 Å². The molecule has 0 radical (unpaired) electrons. The van der Waals surface area contributed by atoms with E-state index in [1.54, 1.807) is 0 Å². The Hall–Kier alpha value is -0.730. The number of unbranched alkanes of at least 4 members (excludes halogenated alkanes) is 1. The van der Waals surface area contributed by atoms with Gasteiger partial charge in [-0.15, -0.1) is 0 Å². The molecule has 0 spiro atoms. The van der Waals surface area contributed by atoms with Crippen LogP contribution in [-0.2, 0) is 6.54 Å². The molecule has 1 aliphatic rings. The second-order valence-corrected chi connectivity index (χ2v) is 5.71. The van der Waals surface area contributed by atoms with Crippen LogP contribution in [0, 0.1) is 0 Å². The highest BCUT2D eigenvalue weighted by molar-refractivity contribution is 6.33. The molecule has 1 aromatic rings. The van der Waals surface area contributed by atoms with Gasteiger partial charge in [-0.25, -0.2) is 0 Å². The Morgan fingerprint density at radius 2 is 2.11 bits per heavy atom. The summed E-state index contributed by atoms with van der Waals surface area (Å²) in [6.07, 6.45) is 5.10.